The summed E-state index contributed by atoms with van der Waals surface area (Å²) in [7, 11) is 0. The molecule has 1 heterocycles. The fraction of sp³-hybridized carbons (Fsp3) is 0.500. The third-order valence-electron chi connectivity index (χ3n) is 3.39. The molecular formula is C14H19NO2S. The largest absolute Gasteiger partial charge is 0.481 e. The fourth-order valence-electron chi connectivity index (χ4n) is 2.45. The molecule has 2 rings (SSSR count). The maximum Gasteiger partial charge on any atom is 0.305 e. The number of benzene rings is 1. The van der Waals surface area contributed by atoms with E-state index in [9.17, 15) is 4.79 Å². The molecule has 0 bridgehead atoms. The maximum atomic E-state index is 10.8. The van der Waals surface area contributed by atoms with Gasteiger partial charge in [-0.3, -0.25) is 4.79 Å². The summed E-state index contributed by atoms with van der Waals surface area (Å²) in [6, 6.07) is 10.6. The van der Waals surface area contributed by atoms with Crippen molar-refractivity contribution in [3.05, 3.63) is 30.3 Å². The Labute approximate surface area is 112 Å². The lowest BCUT2D eigenvalue weighted by molar-refractivity contribution is -0.136. The third kappa shape index (κ3) is 3.19. The molecule has 0 aliphatic carbocycles. The van der Waals surface area contributed by atoms with Crippen LogP contribution in [0, 0.1) is 0 Å². The van der Waals surface area contributed by atoms with Crippen LogP contribution in [0.25, 0.3) is 0 Å². The number of nitrogens with zero attached hydrogens (tertiary/aromatic N) is 1. The summed E-state index contributed by atoms with van der Waals surface area (Å²) in [5, 5.41) is 9.45. The van der Waals surface area contributed by atoms with Crippen LogP contribution in [-0.2, 0) is 4.79 Å². The summed E-state index contributed by atoms with van der Waals surface area (Å²) in [4.78, 5) is 13.1. The van der Waals surface area contributed by atoms with E-state index < -0.39 is 5.97 Å². The van der Waals surface area contributed by atoms with Gasteiger partial charge in [-0.2, -0.15) is 11.8 Å². The Balaban J connectivity index is 2.14. The number of carboxylic acid groups (broad SMARTS) is 1. The van der Waals surface area contributed by atoms with Crippen LogP contribution in [0.4, 0.5) is 5.69 Å². The van der Waals surface area contributed by atoms with E-state index in [-0.39, 0.29) is 6.42 Å². The van der Waals surface area contributed by atoms with Crippen LogP contribution in [-0.4, -0.2) is 34.7 Å². The van der Waals surface area contributed by atoms with E-state index in [2.05, 4.69) is 24.0 Å². The minimum Gasteiger partial charge on any atom is -0.481 e. The molecule has 18 heavy (non-hydrogen) atoms. The van der Waals surface area contributed by atoms with E-state index in [4.69, 9.17) is 5.11 Å². The van der Waals surface area contributed by atoms with Crippen molar-refractivity contribution in [3.63, 3.8) is 0 Å². The number of rotatable bonds is 5. The van der Waals surface area contributed by atoms with Crippen molar-refractivity contribution >= 4 is 23.4 Å². The summed E-state index contributed by atoms with van der Waals surface area (Å²) >= 11 is 1.97. The van der Waals surface area contributed by atoms with Gasteiger partial charge in [0.2, 0.25) is 0 Å². The Morgan fingerprint density at radius 1 is 1.44 bits per heavy atom. The first kappa shape index (κ1) is 13.3. The van der Waals surface area contributed by atoms with Crippen LogP contribution >= 0.6 is 11.8 Å². The van der Waals surface area contributed by atoms with Crippen LogP contribution in [0.1, 0.15) is 19.8 Å². The number of aliphatic carboxylic acids is 1. The standard InChI is InChI=1S/C14H19NO2S/c1-11-13(8-10-18-11)15(9-7-14(16)17)12-5-3-2-4-6-12/h2-6,11,13H,7-10H2,1H3,(H,16,17). The van der Waals surface area contributed by atoms with Gasteiger partial charge >= 0.3 is 5.97 Å². The number of para-hydroxylation sites is 1. The SMILES string of the molecule is CC1SCCC1N(CCC(=O)O)c1ccccc1. The van der Waals surface area contributed by atoms with Crippen molar-refractivity contribution in [1.82, 2.24) is 0 Å². The quantitative estimate of drug-likeness (QED) is 0.888. The molecule has 1 saturated heterocycles. The molecule has 1 aromatic rings. The molecule has 1 aliphatic rings. The molecule has 98 valence electrons. The smallest absolute Gasteiger partial charge is 0.305 e. The predicted octanol–water partition coefficient (Wildman–Crippen LogP) is 2.86. The Hall–Kier alpha value is -1.16. The average molecular weight is 265 g/mol. The molecule has 2 unspecified atom stereocenters. The highest BCUT2D eigenvalue weighted by molar-refractivity contribution is 8.00. The highest BCUT2D eigenvalue weighted by atomic mass is 32.2. The van der Waals surface area contributed by atoms with Gasteiger partial charge in [0, 0.05) is 23.5 Å². The van der Waals surface area contributed by atoms with Gasteiger partial charge in [0.1, 0.15) is 0 Å². The summed E-state index contributed by atoms with van der Waals surface area (Å²) in [5.74, 6) is 0.441. The predicted molar refractivity (Wildman–Crippen MR) is 76.4 cm³/mol. The molecule has 0 aromatic heterocycles. The van der Waals surface area contributed by atoms with Gasteiger partial charge in [0.05, 0.1) is 6.42 Å². The lowest BCUT2D eigenvalue weighted by atomic mass is 10.1. The maximum absolute atomic E-state index is 10.8. The van der Waals surface area contributed by atoms with Gasteiger partial charge in [0.15, 0.2) is 0 Å². The molecule has 0 saturated carbocycles. The third-order valence-corrected chi connectivity index (χ3v) is 4.70. The lowest BCUT2D eigenvalue weighted by Gasteiger charge is -2.33. The van der Waals surface area contributed by atoms with Gasteiger partial charge in [0.25, 0.3) is 0 Å². The van der Waals surface area contributed by atoms with Crippen molar-refractivity contribution in [2.24, 2.45) is 0 Å². The molecule has 2 atom stereocenters. The van der Waals surface area contributed by atoms with Crippen molar-refractivity contribution in [1.29, 1.82) is 0 Å². The zero-order valence-corrected chi connectivity index (χ0v) is 11.4. The van der Waals surface area contributed by atoms with Crippen molar-refractivity contribution in [2.45, 2.75) is 31.1 Å². The number of carboxylic acids is 1. The zero-order chi connectivity index (χ0) is 13.0. The second-order valence-corrected chi connectivity index (χ2v) is 6.09. The van der Waals surface area contributed by atoms with E-state index in [0.717, 1.165) is 12.1 Å². The average Bonchev–Trinajstić information content (AvgIpc) is 2.77. The monoisotopic (exact) mass is 265 g/mol. The minimum absolute atomic E-state index is 0.197. The molecule has 4 heteroatoms. The second-order valence-electron chi connectivity index (χ2n) is 4.60. The van der Waals surface area contributed by atoms with Gasteiger partial charge in [-0.1, -0.05) is 25.1 Å². The highest BCUT2D eigenvalue weighted by Gasteiger charge is 2.29. The lowest BCUT2D eigenvalue weighted by Crippen LogP contribution is -2.40. The second kappa shape index (κ2) is 6.14. The van der Waals surface area contributed by atoms with Crippen LogP contribution < -0.4 is 4.90 Å². The van der Waals surface area contributed by atoms with Crippen LogP contribution in [0.15, 0.2) is 30.3 Å². The van der Waals surface area contributed by atoms with E-state index in [1.54, 1.807) is 0 Å². The van der Waals surface area contributed by atoms with Crippen LogP contribution in [0.2, 0.25) is 0 Å². The van der Waals surface area contributed by atoms with Crippen LogP contribution in [0.3, 0.4) is 0 Å². The molecule has 3 nitrogen and oxygen atoms in total. The molecule has 1 fully saturated rings. The topological polar surface area (TPSA) is 40.5 Å². The molecule has 1 aromatic carbocycles. The Kier molecular flexibility index (Phi) is 4.53. The summed E-state index contributed by atoms with van der Waals surface area (Å²) in [5.41, 5.74) is 1.14. The minimum atomic E-state index is -0.728. The van der Waals surface area contributed by atoms with Crippen molar-refractivity contribution in [2.75, 3.05) is 17.2 Å². The summed E-state index contributed by atoms with van der Waals surface area (Å²) < 4.78 is 0. The molecule has 0 spiro atoms. The normalized spacial score (nSPS) is 22.9. The van der Waals surface area contributed by atoms with E-state index in [0.29, 0.717) is 17.8 Å². The van der Waals surface area contributed by atoms with Gasteiger partial charge in [-0.25, -0.2) is 0 Å². The van der Waals surface area contributed by atoms with E-state index in [1.807, 2.05) is 30.0 Å². The molecular weight excluding hydrogens is 246 g/mol. The first-order valence-electron chi connectivity index (χ1n) is 6.33. The van der Waals surface area contributed by atoms with Gasteiger partial charge in [-0.15, -0.1) is 0 Å². The number of thioether (sulfide) groups is 1. The molecule has 0 radical (unpaired) electrons. The number of anilines is 1. The first-order chi connectivity index (χ1) is 8.68. The van der Waals surface area contributed by atoms with E-state index in [1.165, 1.54) is 5.75 Å². The Morgan fingerprint density at radius 3 is 2.72 bits per heavy atom. The number of hydrogen-bond donors (Lipinski definition) is 1. The first-order valence-corrected chi connectivity index (χ1v) is 7.38. The molecule has 1 N–H and O–H groups in total. The molecule has 0 amide bonds. The van der Waals surface area contributed by atoms with Crippen molar-refractivity contribution < 1.29 is 9.90 Å². The highest BCUT2D eigenvalue weighted by Crippen LogP contribution is 2.33. The van der Waals surface area contributed by atoms with E-state index >= 15 is 0 Å². The van der Waals surface area contributed by atoms with Gasteiger partial charge < -0.3 is 10.0 Å². The van der Waals surface area contributed by atoms with Crippen LogP contribution in [0.5, 0.6) is 0 Å². The molecule has 1 aliphatic heterocycles. The van der Waals surface area contributed by atoms with Crippen molar-refractivity contribution in [3.8, 4) is 0 Å². The number of hydrogen-bond acceptors (Lipinski definition) is 3. The zero-order valence-electron chi connectivity index (χ0n) is 10.6. The summed E-state index contributed by atoms with van der Waals surface area (Å²) in [6.07, 6.45) is 1.34. The Bertz CT molecular complexity index is 396. The fourth-order valence-corrected chi connectivity index (χ4v) is 3.71. The summed E-state index contributed by atoms with van der Waals surface area (Å²) in [6.45, 7) is 2.83. The Morgan fingerprint density at radius 2 is 2.17 bits per heavy atom. The van der Waals surface area contributed by atoms with Gasteiger partial charge in [-0.05, 0) is 24.3 Å². The number of carbonyl (C=O) groups is 1.